The number of ether oxygens (including phenoxy) is 1. The van der Waals surface area contributed by atoms with E-state index in [1.807, 2.05) is 36.4 Å². The molecule has 2 heterocycles. The van der Waals surface area contributed by atoms with Crippen LogP contribution in [0.3, 0.4) is 0 Å². The van der Waals surface area contributed by atoms with Crippen LogP contribution in [0.25, 0.3) is 0 Å². The van der Waals surface area contributed by atoms with E-state index >= 15 is 0 Å². The van der Waals surface area contributed by atoms with Gasteiger partial charge in [-0.1, -0.05) is 53.5 Å². The van der Waals surface area contributed by atoms with Gasteiger partial charge in [0.05, 0.1) is 6.54 Å². The van der Waals surface area contributed by atoms with Crippen LogP contribution in [0.4, 0.5) is 5.69 Å². The van der Waals surface area contributed by atoms with Gasteiger partial charge in [-0.3, -0.25) is 0 Å². The Morgan fingerprint density at radius 2 is 1.90 bits per heavy atom. The average Bonchev–Trinajstić information content (AvgIpc) is 3.24. The molecule has 2 unspecified atom stereocenters. The Hall–Kier alpha value is -2.31. The molecule has 1 fully saturated rings. The number of aromatic nitrogens is 1. The fourth-order valence-corrected chi connectivity index (χ4v) is 4.32. The summed E-state index contributed by atoms with van der Waals surface area (Å²) in [5.41, 5.74) is 3.42. The molecule has 31 heavy (non-hydrogen) atoms. The summed E-state index contributed by atoms with van der Waals surface area (Å²) < 4.78 is 6.02. The van der Waals surface area contributed by atoms with Crippen molar-refractivity contribution >= 4 is 28.9 Å². The highest BCUT2D eigenvalue weighted by Crippen LogP contribution is 2.34. The molecule has 0 radical (unpaired) electrons. The Balaban J connectivity index is 1.57. The van der Waals surface area contributed by atoms with Crippen LogP contribution in [-0.4, -0.2) is 41.0 Å². The predicted octanol–water partition coefficient (Wildman–Crippen LogP) is 4.66. The predicted molar refractivity (Wildman–Crippen MR) is 123 cm³/mol. The SMILES string of the molecule is OCCc1ccc(C(O)c2ccccc2Cl)cc1N1CCC(Oc2ncccc2Cl)C1. The maximum absolute atomic E-state index is 10.9. The zero-order chi connectivity index (χ0) is 21.8. The van der Waals surface area contributed by atoms with Crippen molar-refractivity contribution in [1.29, 1.82) is 0 Å². The lowest BCUT2D eigenvalue weighted by atomic mass is 9.98. The van der Waals surface area contributed by atoms with Gasteiger partial charge in [0.2, 0.25) is 5.88 Å². The van der Waals surface area contributed by atoms with Gasteiger partial charge in [-0.25, -0.2) is 4.98 Å². The topological polar surface area (TPSA) is 65.8 Å². The van der Waals surface area contributed by atoms with Gasteiger partial charge < -0.3 is 19.8 Å². The molecule has 2 N–H and O–H groups in total. The van der Waals surface area contributed by atoms with Crippen LogP contribution in [0.15, 0.2) is 60.8 Å². The number of aliphatic hydroxyl groups excluding tert-OH is 2. The number of nitrogens with zero attached hydrogens (tertiary/aromatic N) is 2. The van der Waals surface area contributed by atoms with E-state index in [1.54, 1.807) is 24.4 Å². The first-order valence-corrected chi connectivity index (χ1v) is 11.0. The van der Waals surface area contributed by atoms with Gasteiger partial charge in [0.25, 0.3) is 0 Å². The van der Waals surface area contributed by atoms with Gasteiger partial charge >= 0.3 is 0 Å². The summed E-state index contributed by atoms with van der Waals surface area (Å²) in [5.74, 6) is 0.439. The maximum atomic E-state index is 10.9. The largest absolute Gasteiger partial charge is 0.471 e. The molecular weight excluding hydrogens is 435 g/mol. The summed E-state index contributed by atoms with van der Waals surface area (Å²) in [6, 6.07) is 16.7. The number of benzene rings is 2. The molecule has 2 atom stereocenters. The van der Waals surface area contributed by atoms with Crippen LogP contribution in [0.5, 0.6) is 5.88 Å². The third-order valence-electron chi connectivity index (χ3n) is 5.49. The molecule has 1 aromatic heterocycles. The second kappa shape index (κ2) is 9.88. The lowest BCUT2D eigenvalue weighted by molar-refractivity contribution is 0.216. The molecule has 0 saturated carbocycles. The molecule has 3 aromatic rings. The van der Waals surface area contributed by atoms with Crippen molar-refractivity contribution in [2.75, 3.05) is 24.6 Å². The first-order chi connectivity index (χ1) is 15.1. The Bertz CT molecular complexity index is 1050. The molecule has 162 valence electrons. The van der Waals surface area contributed by atoms with Gasteiger partial charge in [-0.2, -0.15) is 0 Å². The number of hydrogen-bond acceptors (Lipinski definition) is 5. The van der Waals surface area contributed by atoms with Crippen LogP contribution in [0.1, 0.15) is 29.2 Å². The first kappa shape index (κ1) is 21.9. The molecule has 0 spiro atoms. The molecule has 0 aliphatic carbocycles. The lowest BCUT2D eigenvalue weighted by Crippen LogP contribution is -2.26. The minimum absolute atomic E-state index is 0.0495. The summed E-state index contributed by atoms with van der Waals surface area (Å²) >= 11 is 12.5. The van der Waals surface area contributed by atoms with E-state index in [-0.39, 0.29) is 12.7 Å². The molecule has 2 aromatic carbocycles. The third kappa shape index (κ3) is 4.96. The highest BCUT2D eigenvalue weighted by atomic mass is 35.5. The Kier molecular flexibility index (Phi) is 6.98. The normalized spacial score (nSPS) is 17.0. The van der Waals surface area contributed by atoms with Crippen molar-refractivity contribution in [2.45, 2.75) is 25.0 Å². The highest BCUT2D eigenvalue weighted by molar-refractivity contribution is 6.32. The molecule has 0 bridgehead atoms. The highest BCUT2D eigenvalue weighted by Gasteiger charge is 2.27. The lowest BCUT2D eigenvalue weighted by Gasteiger charge is -2.24. The number of halogens is 2. The van der Waals surface area contributed by atoms with E-state index in [4.69, 9.17) is 27.9 Å². The van der Waals surface area contributed by atoms with E-state index < -0.39 is 6.10 Å². The summed E-state index contributed by atoms with van der Waals surface area (Å²) in [6.07, 6.45) is 2.13. The maximum Gasteiger partial charge on any atom is 0.232 e. The first-order valence-electron chi connectivity index (χ1n) is 10.2. The van der Waals surface area contributed by atoms with E-state index in [0.29, 0.717) is 34.5 Å². The smallest absolute Gasteiger partial charge is 0.232 e. The minimum Gasteiger partial charge on any atom is -0.471 e. The standard InChI is InChI=1S/C24H24Cl2N2O3/c25-20-5-2-1-4-19(20)23(30)17-8-7-16(10-13-29)22(14-17)28-12-9-18(15-28)31-24-21(26)6-3-11-27-24/h1-8,11,14,18,23,29-30H,9-10,12-13,15H2. The van der Waals surface area contributed by atoms with E-state index in [0.717, 1.165) is 29.8 Å². The summed E-state index contributed by atoms with van der Waals surface area (Å²) in [6.45, 7) is 1.51. The Labute approximate surface area is 191 Å². The molecule has 7 heteroatoms. The van der Waals surface area contributed by atoms with Crippen LogP contribution in [-0.2, 0) is 6.42 Å². The Morgan fingerprint density at radius 3 is 2.68 bits per heavy atom. The van der Waals surface area contributed by atoms with Crippen LogP contribution >= 0.6 is 23.2 Å². The van der Waals surface area contributed by atoms with Crippen molar-refractivity contribution in [2.24, 2.45) is 0 Å². The fraction of sp³-hybridized carbons (Fsp3) is 0.292. The summed E-state index contributed by atoms with van der Waals surface area (Å²) in [4.78, 5) is 6.43. The molecule has 1 aliphatic heterocycles. The molecule has 1 aliphatic rings. The number of hydrogen-bond donors (Lipinski definition) is 2. The molecular formula is C24H24Cl2N2O3. The fourth-order valence-electron chi connectivity index (χ4n) is 3.91. The minimum atomic E-state index is -0.836. The van der Waals surface area contributed by atoms with Crippen molar-refractivity contribution in [1.82, 2.24) is 4.98 Å². The monoisotopic (exact) mass is 458 g/mol. The van der Waals surface area contributed by atoms with Gasteiger partial charge in [0.15, 0.2) is 0 Å². The van der Waals surface area contributed by atoms with E-state index in [2.05, 4.69) is 9.88 Å². The molecule has 0 amide bonds. The van der Waals surface area contributed by atoms with Crippen LogP contribution in [0, 0.1) is 0 Å². The third-order valence-corrected chi connectivity index (χ3v) is 6.13. The van der Waals surface area contributed by atoms with Gasteiger partial charge in [0, 0.05) is 42.0 Å². The summed E-state index contributed by atoms with van der Waals surface area (Å²) in [7, 11) is 0. The Morgan fingerprint density at radius 1 is 1.10 bits per heavy atom. The van der Waals surface area contributed by atoms with Crippen molar-refractivity contribution in [3.63, 3.8) is 0 Å². The molecule has 1 saturated heterocycles. The average molecular weight is 459 g/mol. The van der Waals surface area contributed by atoms with Crippen molar-refractivity contribution in [3.05, 3.63) is 87.5 Å². The zero-order valence-corrected chi connectivity index (χ0v) is 18.4. The molecule has 5 nitrogen and oxygen atoms in total. The quantitative estimate of drug-likeness (QED) is 0.538. The number of aliphatic hydroxyl groups is 2. The number of rotatable bonds is 7. The van der Waals surface area contributed by atoms with Gasteiger partial charge in [-0.05, 0) is 41.8 Å². The molecule has 4 rings (SSSR count). The van der Waals surface area contributed by atoms with Crippen LogP contribution in [0.2, 0.25) is 10.0 Å². The number of pyridine rings is 1. The summed E-state index contributed by atoms with van der Waals surface area (Å²) in [5, 5.41) is 21.5. The van der Waals surface area contributed by atoms with Crippen molar-refractivity contribution < 1.29 is 14.9 Å². The zero-order valence-electron chi connectivity index (χ0n) is 16.9. The van der Waals surface area contributed by atoms with E-state index in [9.17, 15) is 10.2 Å². The van der Waals surface area contributed by atoms with E-state index in [1.165, 1.54) is 0 Å². The van der Waals surface area contributed by atoms with Crippen LogP contribution < -0.4 is 9.64 Å². The number of anilines is 1. The second-order valence-electron chi connectivity index (χ2n) is 7.55. The second-order valence-corrected chi connectivity index (χ2v) is 8.37. The van der Waals surface area contributed by atoms with Crippen molar-refractivity contribution in [3.8, 4) is 5.88 Å². The van der Waals surface area contributed by atoms with Gasteiger partial charge in [-0.15, -0.1) is 0 Å². The van der Waals surface area contributed by atoms with Gasteiger partial charge in [0.1, 0.15) is 17.2 Å².